The smallest absolute Gasteiger partial charge is 0.280 e. The van der Waals surface area contributed by atoms with E-state index in [2.05, 4.69) is 30.9 Å². The van der Waals surface area contributed by atoms with Gasteiger partial charge in [-0.2, -0.15) is 0 Å². The van der Waals surface area contributed by atoms with Crippen LogP contribution >= 0.6 is 15.9 Å². The zero-order valence-electron chi connectivity index (χ0n) is 7.89. The van der Waals surface area contributed by atoms with Crippen LogP contribution in [0, 0.1) is 0 Å². The molecule has 1 aromatic carbocycles. The summed E-state index contributed by atoms with van der Waals surface area (Å²) < 4.78 is 10.0. The molecular formula is C10H9BrN2O2. The van der Waals surface area contributed by atoms with Crippen molar-refractivity contribution >= 4 is 15.9 Å². The van der Waals surface area contributed by atoms with Gasteiger partial charge in [-0.15, -0.1) is 0 Å². The third-order valence-corrected chi connectivity index (χ3v) is 2.40. The Morgan fingerprint density at radius 1 is 1.20 bits per heavy atom. The lowest BCUT2D eigenvalue weighted by Crippen LogP contribution is -1.97. The lowest BCUT2D eigenvalue weighted by molar-refractivity contribution is 0.249. The molecule has 0 atom stereocenters. The Morgan fingerprint density at radius 3 is 2.73 bits per heavy atom. The van der Waals surface area contributed by atoms with Crippen LogP contribution in [0.1, 0.15) is 11.3 Å². The predicted molar refractivity (Wildman–Crippen MR) is 57.7 cm³/mol. The summed E-state index contributed by atoms with van der Waals surface area (Å²) in [7, 11) is 0. The van der Waals surface area contributed by atoms with Crippen molar-refractivity contribution in [3.05, 3.63) is 41.6 Å². The molecule has 0 bridgehead atoms. The molecular weight excluding hydrogens is 260 g/mol. The fourth-order valence-electron chi connectivity index (χ4n) is 1.12. The third kappa shape index (κ3) is 2.56. The first-order valence-electron chi connectivity index (χ1n) is 4.44. The highest BCUT2D eigenvalue weighted by molar-refractivity contribution is 9.08. The van der Waals surface area contributed by atoms with Crippen molar-refractivity contribution in [2.75, 3.05) is 0 Å². The summed E-state index contributed by atoms with van der Waals surface area (Å²) in [6.45, 7) is 0.467. The van der Waals surface area contributed by atoms with Gasteiger partial charge in [0.05, 0.1) is 5.33 Å². The van der Waals surface area contributed by atoms with Gasteiger partial charge < -0.3 is 4.74 Å². The van der Waals surface area contributed by atoms with Crippen molar-refractivity contribution in [2.24, 2.45) is 0 Å². The van der Waals surface area contributed by atoms with E-state index < -0.39 is 0 Å². The second-order valence-corrected chi connectivity index (χ2v) is 3.48. The molecule has 5 heteroatoms. The van der Waals surface area contributed by atoms with Gasteiger partial charge in [0.2, 0.25) is 0 Å². The van der Waals surface area contributed by atoms with Gasteiger partial charge in [-0.25, -0.2) is 4.63 Å². The third-order valence-electron chi connectivity index (χ3n) is 1.87. The lowest BCUT2D eigenvalue weighted by Gasteiger charge is -2.02. The van der Waals surface area contributed by atoms with Crippen molar-refractivity contribution in [2.45, 2.75) is 11.9 Å². The van der Waals surface area contributed by atoms with Crippen LogP contribution in [0.4, 0.5) is 0 Å². The average Bonchev–Trinajstić information content (AvgIpc) is 2.75. The second-order valence-electron chi connectivity index (χ2n) is 2.92. The molecule has 0 unspecified atom stereocenters. The van der Waals surface area contributed by atoms with Crippen molar-refractivity contribution < 1.29 is 9.37 Å². The van der Waals surface area contributed by atoms with E-state index in [1.54, 1.807) is 0 Å². The Hall–Kier alpha value is -1.36. The van der Waals surface area contributed by atoms with Gasteiger partial charge in [0.25, 0.3) is 5.88 Å². The molecule has 2 rings (SSSR count). The summed E-state index contributed by atoms with van der Waals surface area (Å²) in [5, 5.41) is 7.92. The van der Waals surface area contributed by atoms with Crippen LogP contribution in [0.25, 0.3) is 0 Å². The molecule has 15 heavy (non-hydrogen) atoms. The molecule has 2 aromatic rings. The quantitative estimate of drug-likeness (QED) is 0.800. The van der Waals surface area contributed by atoms with Gasteiger partial charge in [0.15, 0.2) is 5.69 Å². The van der Waals surface area contributed by atoms with Crippen molar-refractivity contribution in [1.82, 2.24) is 10.3 Å². The van der Waals surface area contributed by atoms with Gasteiger partial charge in [-0.3, -0.25) is 0 Å². The maximum Gasteiger partial charge on any atom is 0.280 e. The molecule has 78 valence electrons. The molecule has 0 aliphatic carbocycles. The number of hydrogen-bond acceptors (Lipinski definition) is 4. The van der Waals surface area contributed by atoms with E-state index in [1.807, 2.05) is 30.3 Å². The minimum absolute atomic E-state index is 0.440. The van der Waals surface area contributed by atoms with Crippen LogP contribution < -0.4 is 4.74 Å². The molecule has 0 amide bonds. The van der Waals surface area contributed by atoms with Gasteiger partial charge in [-0.1, -0.05) is 46.3 Å². The highest BCUT2D eigenvalue weighted by atomic mass is 79.9. The van der Waals surface area contributed by atoms with E-state index in [9.17, 15) is 0 Å². The zero-order chi connectivity index (χ0) is 10.5. The molecule has 0 radical (unpaired) electrons. The van der Waals surface area contributed by atoms with Crippen LogP contribution in [-0.4, -0.2) is 10.3 Å². The number of ether oxygens (including phenoxy) is 1. The predicted octanol–water partition coefficient (Wildman–Crippen LogP) is 2.54. The maximum atomic E-state index is 5.46. The number of aromatic nitrogens is 2. The average molecular weight is 269 g/mol. The molecule has 0 aliphatic heterocycles. The van der Waals surface area contributed by atoms with Gasteiger partial charge in [0, 0.05) is 0 Å². The number of benzene rings is 1. The minimum Gasteiger partial charge on any atom is -0.469 e. The van der Waals surface area contributed by atoms with E-state index in [0.717, 1.165) is 5.56 Å². The molecule has 0 saturated heterocycles. The topological polar surface area (TPSA) is 48.2 Å². The number of rotatable bonds is 4. The van der Waals surface area contributed by atoms with E-state index in [1.165, 1.54) is 0 Å². The highest BCUT2D eigenvalue weighted by Gasteiger charge is 2.09. The maximum absolute atomic E-state index is 5.46. The summed E-state index contributed by atoms with van der Waals surface area (Å²) in [5.41, 5.74) is 1.76. The lowest BCUT2D eigenvalue weighted by atomic mass is 10.2. The largest absolute Gasteiger partial charge is 0.469 e. The number of halogens is 1. The van der Waals surface area contributed by atoms with Crippen molar-refractivity contribution in [1.29, 1.82) is 0 Å². The SMILES string of the molecule is BrCc1nonc1OCc1ccccc1. The molecule has 1 aromatic heterocycles. The standard InChI is InChI=1S/C10H9BrN2O2/c11-6-9-10(13-15-12-9)14-7-8-4-2-1-3-5-8/h1-5H,6-7H2. The number of alkyl halides is 1. The fraction of sp³-hybridized carbons (Fsp3) is 0.200. The van der Waals surface area contributed by atoms with Gasteiger partial charge >= 0.3 is 0 Å². The molecule has 0 saturated carbocycles. The second kappa shape index (κ2) is 4.93. The monoisotopic (exact) mass is 268 g/mol. The highest BCUT2D eigenvalue weighted by Crippen LogP contribution is 2.16. The van der Waals surface area contributed by atoms with E-state index in [0.29, 0.717) is 23.5 Å². The van der Waals surface area contributed by atoms with Crippen LogP contribution in [0.3, 0.4) is 0 Å². The zero-order valence-corrected chi connectivity index (χ0v) is 9.48. The van der Waals surface area contributed by atoms with E-state index in [-0.39, 0.29) is 0 Å². The van der Waals surface area contributed by atoms with Crippen LogP contribution in [-0.2, 0) is 11.9 Å². The van der Waals surface area contributed by atoms with E-state index >= 15 is 0 Å². The number of nitrogens with zero attached hydrogens (tertiary/aromatic N) is 2. The summed E-state index contributed by atoms with van der Waals surface area (Å²) in [6.07, 6.45) is 0. The summed E-state index contributed by atoms with van der Waals surface area (Å²) in [5.74, 6) is 0.440. The van der Waals surface area contributed by atoms with Crippen molar-refractivity contribution in [3.8, 4) is 5.88 Å². The summed E-state index contributed by atoms with van der Waals surface area (Å²) in [4.78, 5) is 0. The molecule has 1 heterocycles. The first kappa shape index (κ1) is 10.2. The normalized spacial score (nSPS) is 10.2. The fourth-order valence-corrected chi connectivity index (χ4v) is 1.46. The molecule has 0 aliphatic rings. The van der Waals surface area contributed by atoms with Gasteiger partial charge in [0.1, 0.15) is 6.61 Å². The minimum atomic E-state index is 0.440. The molecule has 0 spiro atoms. The Kier molecular flexibility index (Phi) is 3.34. The van der Waals surface area contributed by atoms with Gasteiger partial charge in [-0.05, 0) is 15.9 Å². The van der Waals surface area contributed by atoms with Crippen LogP contribution in [0.15, 0.2) is 35.0 Å². The number of hydrogen-bond donors (Lipinski definition) is 0. The first-order valence-corrected chi connectivity index (χ1v) is 5.56. The van der Waals surface area contributed by atoms with Crippen molar-refractivity contribution in [3.63, 3.8) is 0 Å². The molecule has 4 nitrogen and oxygen atoms in total. The molecule has 0 N–H and O–H groups in total. The summed E-state index contributed by atoms with van der Waals surface area (Å²) in [6, 6.07) is 9.87. The Balaban J connectivity index is 1.99. The Bertz CT molecular complexity index is 416. The Labute approximate surface area is 95.3 Å². The summed E-state index contributed by atoms with van der Waals surface area (Å²) >= 11 is 3.27. The Morgan fingerprint density at radius 2 is 2.00 bits per heavy atom. The van der Waals surface area contributed by atoms with Crippen LogP contribution in [0.5, 0.6) is 5.88 Å². The molecule has 0 fully saturated rings. The van der Waals surface area contributed by atoms with E-state index in [4.69, 9.17) is 4.74 Å². The van der Waals surface area contributed by atoms with Crippen LogP contribution in [0.2, 0.25) is 0 Å². The first-order chi connectivity index (χ1) is 7.40.